The van der Waals surface area contributed by atoms with Crippen molar-refractivity contribution >= 4 is 7.67 Å². The van der Waals surface area contributed by atoms with Crippen molar-refractivity contribution in [1.82, 2.24) is 18.9 Å². The van der Waals surface area contributed by atoms with Crippen LogP contribution in [-0.2, 0) is 16.1 Å². The minimum atomic E-state index is -2.77. The standard InChI is InChI=1S/C12H21N4O2P/c1-9-12(14(4)11(3)13-9)10(2)18-19(17,15-5-6-15)16-7-8-16/h10H,5-8H2,1-4H3. The van der Waals surface area contributed by atoms with Gasteiger partial charge in [0.05, 0.1) is 11.4 Å². The minimum Gasteiger partial charge on any atom is -0.333 e. The van der Waals surface area contributed by atoms with Gasteiger partial charge in [-0.25, -0.2) is 14.3 Å². The molecule has 3 rings (SSSR count). The molecule has 2 aliphatic rings. The van der Waals surface area contributed by atoms with E-state index >= 15 is 0 Å². The van der Waals surface area contributed by atoms with Crippen LogP contribution in [0.4, 0.5) is 0 Å². The van der Waals surface area contributed by atoms with Crippen LogP contribution in [0.25, 0.3) is 0 Å². The molecule has 1 unspecified atom stereocenters. The Morgan fingerprint density at radius 2 is 1.74 bits per heavy atom. The van der Waals surface area contributed by atoms with Crippen LogP contribution in [0, 0.1) is 13.8 Å². The van der Waals surface area contributed by atoms with E-state index < -0.39 is 7.67 Å². The van der Waals surface area contributed by atoms with Gasteiger partial charge in [-0.3, -0.25) is 9.09 Å². The van der Waals surface area contributed by atoms with Crippen LogP contribution >= 0.6 is 7.67 Å². The van der Waals surface area contributed by atoms with Gasteiger partial charge >= 0.3 is 7.67 Å². The second-order valence-electron chi connectivity index (χ2n) is 5.33. The molecule has 0 N–H and O–H groups in total. The third kappa shape index (κ3) is 2.27. The zero-order valence-corrected chi connectivity index (χ0v) is 12.9. The molecule has 1 aromatic rings. The van der Waals surface area contributed by atoms with Gasteiger partial charge in [-0.1, -0.05) is 0 Å². The van der Waals surface area contributed by atoms with Crippen molar-refractivity contribution in [1.29, 1.82) is 0 Å². The van der Waals surface area contributed by atoms with Crippen LogP contribution in [-0.4, -0.2) is 45.1 Å². The quantitative estimate of drug-likeness (QED) is 0.610. The summed E-state index contributed by atoms with van der Waals surface area (Å²) in [5, 5.41) is 0. The van der Waals surface area contributed by atoms with E-state index in [1.165, 1.54) is 0 Å². The normalized spacial score (nSPS) is 21.7. The first-order valence-corrected chi connectivity index (χ1v) is 8.25. The molecule has 1 aromatic heterocycles. The third-order valence-electron chi connectivity index (χ3n) is 3.79. The van der Waals surface area contributed by atoms with Crippen LogP contribution < -0.4 is 0 Å². The van der Waals surface area contributed by atoms with E-state index in [2.05, 4.69) is 4.98 Å². The lowest BCUT2D eigenvalue weighted by Crippen LogP contribution is -2.13. The number of imidazole rings is 1. The Labute approximate surface area is 113 Å². The molecule has 2 fully saturated rings. The Morgan fingerprint density at radius 1 is 1.21 bits per heavy atom. The van der Waals surface area contributed by atoms with Crippen LogP contribution in [0.5, 0.6) is 0 Å². The lowest BCUT2D eigenvalue weighted by Gasteiger charge is -2.24. The molecule has 2 aliphatic heterocycles. The Bertz CT molecular complexity index is 532. The smallest absolute Gasteiger partial charge is 0.333 e. The summed E-state index contributed by atoms with van der Waals surface area (Å²) >= 11 is 0. The summed E-state index contributed by atoms with van der Waals surface area (Å²) in [5.41, 5.74) is 1.97. The number of aromatic nitrogens is 2. The monoisotopic (exact) mass is 284 g/mol. The SMILES string of the molecule is Cc1nc(C)n(C)c1C(C)OP(=O)(N1CC1)N1CC1. The molecule has 0 aliphatic carbocycles. The maximum Gasteiger partial charge on any atom is 0.346 e. The first-order valence-electron chi connectivity index (χ1n) is 6.72. The number of hydrogen-bond donors (Lipinski definition) is 0. The summed E-state index contributed by atoms with van der Waals surface area (Å²) in [7, 11) is -0.791. The van der Waals surface area contributed by atoms with Gasteiger partial charge in [0.2, 0.25) is 0 Å². The molecule has 19 heavy (non-hydrogen) atoms. The molecule has 2 saturated heterocycles. The second kappa shape index (κ2) is 4.42. The largest absolute Gasteiger partial charge is 0.346 e. The lowest BCUT2D eigenvalue weighted by molar-refractivity contribution is 0.192. The molecule has 0 amide bonds. The minimum absolute atomic E-state index is 0.210. The highest BCUT2D eigenvalue weighted by atomic mass is 31.2. The summed E-state index contributed by atoms with van der Waals surface area (Å²) in [5.74, 6) is 0.955. The molecule has 106 valence electrons. The molecule has 0 saturated carbocycles. The average Bonchev–Trinajstić information content (AvgIpc) is 3.18. The second-order valence-corrected chi connectivity index (χ2v) is 7.66. The van der Waals surface area contributed by atoms with Crippen LogP contribution in [0.3, 0.4) is 0 Å². The van der Waals surface area contributed by atoms with Crippen molar-refractivity contribution < 1.29 is 9.09 Å². The molecule has 7 heteroatoms. The molecule has 6 nitrogen and oxygen atoms in total. The highest BCUT2D eigenvalue weighted by molar-refractivity contribution is 7.54. The summed E-state index contributed by atoms with van der Waals surface area (Å²) in [4.78, 5) is 4.45. The first kappa shape index (κ1) is 13.3. The fourth-order valence-corrected chi connectivity index (χ4v) is 4.85. The maximum absolute atomic E-state index is 13.0. The van der Waals surface area contributed by atoms with E-state index in [9.17, 15) is 4.57 Å². The van der Waals surface area contributed by atoms with Gasteiger partial charge in [0.1, 0.15) is 11.9 Å². The van der Waals surface area contributed by atoms with Crippen molar-refractivity contribution in [2.24, 2.45) is 7.05 Å². The third-order valence-corrected chi connectivity index (χ3v) is 6.61. The summed E-state index contributed by atoms with van der Waals surface area (Å²) < 4.78 is 24.8. The van der Waals surface area contributed by atoms with E-state index in [4.69, 9.17) is 4.52 Å². The summed E-state index contributed by atoms with van der Waals surface area (Å²) in [6.45, 7) is 9.42. The van der Waals surface area contributed by atoms with Crippen LogP contribution in [0.2, 0.25) is 0 Å². The molecular formula is C12H21N4O2P. The van der Waals surface area contributed by atoms with E-state index in [0.717, 1.165) is 43.4 Å². The number of hydrogen-bond acceptors (Lipinski definition) is 3. The zero-order valence-electron chi connectivity index (χ0n) is 12.0. The Morgan fingerprint density at radius 3 is 2.11 bits per heavy atom. The van der Waals surface area contributed by atoms with Crippen LogP contribution in [0.15, 0.2) is 0 Å². The Hall–Kier alpha value is -0.680. The topological polar surface area (TPSA) is 50.1 Å². The predicted octanol–water partition coefficient (Wildman–Crippen LogP) is 1.85. The van der Waals surface area contributed by atoms with E-state index in [0.29, 0.717) is 0 Å². The molecule has 0 spiro atoms. The highest BCUT2D eigenvalue weighted by Crippen LogP contribution is 2.63. The number of nitrogens with zero attached hydrogens (tertiary/aromatic N) is 4. The summed E-state index contributed by atoms with van der Waals surface area (Å²) in [6, 6.07) is 0. The highest BCUT2D eigenvalue weighted by Gasteiger charge is 2.50. The molecular weight excluding hydrogens is 263 g/mol. The van der Waals surface area contributed by atoms with Crippen LogP contribution in [0.1, 0.15) is 30.2 Å². The maximum atomic E-state index is 13.0. The van der Waals surface area contributed by atoms with Crippen molar-refractivity contribution in [2.75, 3.05) is 26.2 Å². The molecule has 3 heterocycles. The molecule has 0 radical (unpaired) electrons. The summed E-state index contributed by atoms with van der Waals surface area (Å²) in [6.07, 6.45) is -0.210. The van der Waals surface area contributed by atoms with Gasteiger partial charge in [0.15, 0.2) is 0 Å². The zero-order chi connectivity index (χ0) is 13.8. The fraction of sp³-hybridized carbons (Fsp3) is 0.750. The molecule has 1 atom stereocenters. The molecule has 0 aromatic carbocycles. The van der Waals surface area contributed by atoms with E-state index in [-0.39, 0.29) is 6.10 Å². The van der Waals surface area contributed by atoms with Gasteiger partial charge in [-0.2, -0.15) is 0 Å². The predicted molar refractivity (Wildman–Crippen MR) is 72.9 cm³/mol. The average molecular weight is 284 g/mol. The van der Waals surface area contributed by atoms with E-state index in [1.54, 1.807) is 0 Å². The van der Waals surface area contributed by atoms with Crippen molar-refractivity contribution in [3.05, 3.63) is 17.2 Å². The van der Waals surface area contributed by atoms with Crippen molar-refractivity contribution in [3.63, 3.8) is 0 Å². The van der Waals surface area contributed by atoms with Gasteiger partial charge < -0.3 is 4.57 Å². The van der Waals surface area contributed by atoms with Gasteiger partial charge in [0.25, 0.3) is 0 Å². The first-order chi connectivity index (χ1) is 8.93. The van der Waals surface area contributed by atoms with Crippen molar-refractivity contribution in [3.8, 4) is 0 Å². The van der Waals surface area contributed by atoms with Gasteiger partial charge in [-0.15, -0.1) is 0 Å². The van der Waals surface area contributed by atoms with Crippen molar-refractivity contribution in [2.45, 2.75) is 26.9 Å². The fourth-order valence-electron chi connectivity index (χ4n) is 2.52. The Kier molecular flexibility index (Phi) is 3.09. The van der Waals surface area contributed by atoms with Gasteiger partial charge in [0, 0.05) is 33.2 Å². The number of rotatable bonds is 5. The van der Waals surface area contributed by atoms with E-state index in [1.807, 2.05) is 41.7 Å². The lowest BCUT2D eigenvalue weighted by atomic mass is 10.2. The van der Waals surface area contributed by atoms with Gasteiger partial charge in [-0.05, 0) is 20.8 Å². The molecule has 0 bridgehead atoms. The Balaban J connectivity index is 1.84. The number of aryl methyl sites for hydroxylation is 2.